The van der Waals surface area contributed by atoms with Gasteiger partial charge in [0.1, 0.15) is 0 Å². The molecule has 118 valence electrons. The average molecular weight is 308 g/mol. The molecule has 1 aromatic heterocycles. The lowest BCUT2D eigenvalue weighted by Crippen LogP contribution is -2.34. The third kappa shape index (κ3) is 2.98. The topological polar surface area (TPSA) is 42.2 Å². The van der Waals surface area contributed by atoms with E-state index in [4.69, 9.17) is 10.7 Å². The van der Waals surface area contributed by atoms with Crippen LogP contribution in [0.15, 0.2) is 0 Å². The highest BCUT2D eigenvalue weighted by Gasteiger charge is 2.35. The van der Waals surface area contributed by atoms with Crippen molar-refractivity contribution in [2.75, 3.05) is 11.4 Å². The zero-order chi connectivity index (χ0) is 15.0. The fraction of sp³-hybridized carbons (Fsp3) is 0.824. The first-order chi connectivity index (χ1) is 10.0. The molecule has 0 radical (unpaired) electrons. The molecule has 2 heterocycles. The first-order valence-corrected chi connectivity index (χ1v) is 9.29. The van der Waals surface area contributed by atoms with Gasteiger partial charge in [0.2, 0.25) is 0 Å². The zero-order valence-electron chi connectivity index (χ0n) is 13.7. The number of rotatable bonds is 3. The van der Waals surface area contributed by atoms with E-state index in [1.54, 1.807) is 0 Å². The number of thiazole rings is 1. The smallest absolute Gasteiger partial charge is 0.186 e. The van der Waals surface area contributed by atoms with Crippen molar-refractivity contribution in [3.8, 4) is 0 Å². The van der Waals surface area contributed by atoms with E-state index in [9.17, 15) is 0 Å². The summed E-state index contributed by atoms with van der Waals surface area (Å²) in [6.07, 6.45) is 8.36. The van der Waals surface area contributed by atoms with E-state index in [-0.39, 0.29) is 5.41 Å². The standard InChI is InChI=1S/C17H29N3S/c1-17(2,3)15-14(11-18)21-16(19-15)20-10-6-9-13(20)12-7-4-5-8-12/h12-13H,4-11,18H2,1-3H3. The normalized spacial score (nSPS) is 24.2. The molecule has 0 spiro atoms. The van der Waals surface area contributed by atoms with Crippen molar-refractivity contribution in [3.05, 3.63) is 10.6 Å². The van der Waals surface area contributed by atoms with E-state index in [0.717, 1.165) is 12.0 Å². The van der Waals surface area contributed by atoms with Crippen LogP contribution in [0.25, 0.3) is 0 Å². The van der Waals surface area contributed by atoms with Gasteiger partial charge in [0, 0.05) is 29.4 Å². The van der Waals surface area contributed by atoms with Gasteiger partial charge in [0.15, 0.2) is 5.13 Å². The molecule has 2 fully saturated rings. The Morgan fingerprint density at radius 2 is 1.90 bits per heavy atom. The number of aromatic nitrogens is 1. The molecule has 1 atom stereocenters. The largest absolute Gasteiger partial charge is 0.345 e. The van der Waals surface area contributed by atoms with Crippen molar-refractivity contribution in [3.63, 3.8) is 0 Å². The van der Waals surface area contributed by atoms with E-state index in [2.05, 4.69) is 25.7 Å². The molecule has 1 saturated carbocycles. The summed E-state index contributed by atoms with van der Waals surface area (Å²) in [6, 6.07) is 0.733. The van der Waals surface area contributed by atoms with Crippen molar-refractivity contribution in [1.29, 1.82) is 0 Å². The minimum absolute atomic E-state index is 0.0893. The third-order valence-corrected chi connectivity index (χ3v) is 6.19. The van der Waals surface area contributed by atoms with Gasteiger partial charge >= 0.3 is 0 Å². The lowest BCUT2D eigenvalue weighted by Gasteiger charge is -2.29. The maximum atomic E-state index is 5.97. The lowest BCUT2D eigenvalue weighted by atomic mass is 9.91. The van der Waals surface area contributed by atoms with Gasteiger partial charge in [-0.1, -0.05) is 33.6 Å². The second kappa shape index (κ2) is 5.88. The molecular formula is C17H29N3S. The fourth-order valence-corrected chi connectivity index (χ4v) is 5.28. The first-order valence-electron chi connectivity index (χ1n) is 8.47. The van der Waals surface area contributed by atoms with Crippen molar-refractivity contribution in [1.82, 2.24) is 4.98 Å². The Bertz CT molecular complexity index is 483. The average Bonchev–Trinajstić information content (AvgIpc) is 3.16. The third-order valence-electron chi connectivity index (χ3n) is 5.07. The lowest BCUT2D eigenvalue weighted by molar-refractivity contribution is 0.430. The van der Waals surface area contributed by atoms with Gasteiger partial charge in [-0.2, -0.15) is 0 Å². The van der Waals surface area contributed by atoms with Gasteiger partial charge in [-0.3, -0.25) is 0 Å². The van der Waals surface area contributed by atoms with Crippen LogP contribution in [-0.4, -0.2) is 17.6 Å². The van der Waals surface area contributed by atoms with Crippen LogP contribution in [0.1, 0.15) is 69.9 Å². The SMILES string of the molecule is CC(C)(C)c1nc(N2CCCC2C2CCCC2)sc1CN. The van der Waals surface area contributed by atoms with Crippen LogP contribution in [-0.2, 0) is 12.0 Å². The number of nitrogens with zero attached hydrogens (tertiary/aromatic N) is 2. The van der Waals surface area contributed by atoms with E-state index < -0.39 is 0 Å². The molecule has 0 aromatic carbocycles. The molecule has 0 bridgehead atoms. The van der Waals surface area contributed by atoms with Gasteiger partial charge in [-0.15, -0.1) is 11.3 Å². The Morgan fingerprint density at radius 3 is 2.48 bits per heavy atom. The van der Waals surface area contributed by atoms with Crippen molar-refractivity contribution in [2.24, 2.45) is 11.7 Å². The van der Waals surface area contributed by atoms with Crippen LogP contribution < -0.4 is 10.6 Å². The maximum absolute atomic E-state index is 5.97. The Morgan fingerprint density at radius 1 is 1.19 bits per heavy atom. The second-order valence-corrected chi connectivity index (χ2v) is 8.73. The summed E-state index contributed by atoms with van der Waals surface area (Å²) in [7, 11) is 0. The van der Waals surface area contributed by atoms with Gasteiger partial charge in [-0.05, 0) is 31.6 Å². The summed E-state index contributed by atoms with van der Waals surface area (Å²) in [5.41, 5.74) is 7.27. The summed E-state index contributed by atoms with van der Waals surface area (Å²) < 4.78 is 0. The monoisotopic (exact) mass is 307 g/mol. The highest BCUT2D eigenvalue weighted by atomic mass is 32.1. The second-order valence-electron chi connectivity index (χ2n) is 7.67. The summed E-state index contributed by atoms with van der Waals surface area (Å²) in [6.45, 7) is 8.52. The molecule has 2 N–H and O–H groups in total. The van der Waals surface area contributed by atoms with Crippen LogP contribution in [0, 0.1) is 5.92 Å². The summed E-state index contributed by atoms with van der Waals surface area (Å²) in [5, 5.41) is 1.23. The van der Waals surface area contributed by atoms with Gasteiger partial charge in [0.05, 0.1) is 5.69 Å². The Kier molecular flexibility index (Phi) is 4.28. The molecule has 1 aliphatic heterocycles. The first kappa shape index (κ1) is 15.3. The highest BCUT2D eigenvalue weighted by molar-refractivity contribution is 7.15. The molecular weight excluding hydrogens is 278 g/mol. The molecule has 0 amide bonds. The fourth-order valence-electron chi connectivity index (χ4n) is 4.05. The molecule has 21 heavy (non-hydrogen) atoms. The Labute approximate surface area is 132 Å². The molecule has 1 saturated heterocycles. The van der Waals surface area contributed by atoms with Gasteiger partial charge in [0.25, 0.3) is 0 Å². The minimum atomic E-state index is 0.0893. The van der Waals surface area contributed by atoms with E-state index in [1.165, 1.54) is 60.8 Å². The van der Waals surface area contributed by atoms with E-state index >= 15 is 0 Å². The van der Waals surface area contributed by atoms with Crippen LogP contribution in [0.4, 0.5) is 5.13 Å². The molecule has 2 aliphatic rings. The summed E-state index contributed by atoms with van der Waals surface area (Å²) >= 11 is 1.84. The molecule has 3 rings (SSSR count). The highest BCUT2D eigenvalue weighted by Crippen LogP contribution is 2.41. The molecule has 1 unspecified atom stereocenters. The van der Waals surface area contributed by atoms with Crippen molar-refractivity contribution < 1.29 is 0 Å². The maximum Gasteiger partial charge on any atom is 0.186 e. The summed E-state index contributed by atoms with van der Waals surface area (Å²) in [4.78, 5) is 8.90. The predicted octanol–water partition coefficient (Wildman–Crippen LogP) is 4.06. The van der Waals surface area contributed by atoms with Gasteiger partial charge < -0.3 is 10.6 Å². The zero-order valence-corrected chi connectivity index (χ0v) is 14.5. The van der Waals surface area contributed by atoms with Crippen LogP contribution in [0.5, 0.6) is 0 Å². The molecule has 1 aromatic rings. The van der Waals surface area contributed by atoms with Crippen molar-refractivity contribution in [2.45, 2.75) is 77.3 Å². The van der Waals surface area contributed by atoms with Gasteiger partial charge in [-0.25, -0.2) is 4.98 Å². The predicted molar refractivity (Wildman–Crippen MR) is 91.0 cm³/mol. The summed E-state index contributed by atoms with van der Waals surface area (Å²) in [5.74, 6) is 0.899. The number of anilines is 1. The van der Waals surface area contributed by atoms with Crippen LogP contribution >= 0.6 is 11.3 Å². The van der Waals surface area contributed by atoms with Crippen LogP contribution in [0.3, 0.4) is 0 Å². The van der Waals surface area contributed by atoms with E-state index in [0.29, 0.717) is 6.54 Å². The van der Waals surface area contributed by atoms with Crippen LogP contribution in [0.2, 0.25) is 0 Å². The quantitative estimate of drug-likeness (QED) is 0.915. The number of nitrogens with two attached hydrogens (primary N) is 1. The Hall–Kier alpha value is -0.610. The number of hydrogen-bond donors (Lipinski definition) is 1. The molecule has 1 aliphatic carbocycles. The minimum Gasteiger partial charge on any atom is -0.345 e. The van der Waals surface area contributed by atoms with E-state index in [1.807, 2.05) is 11.3 Å². The molecule has 3 nitrogen and oxygen atoms in total. The van der Waals surface area contributed by atoms with Crippen molar-refractivity contribution >= 4 is 16.5 Å². The Balaban J connectivity index is 1.87. The molecule has 4 heteroatoms. The number of hydrogen-bond acceptors (Lipinski definition) is 4.